The van der Waals surface area contributed by atoms with Crippen LogP contribution in [0.1, 0.15) is 162 Å². The molecule has 0 unspecified atom stereocenters. The van der Waals surface area contributed by atoms with Crippen molar-refractivity contribution in [3.63, 3.8) is 0 Å². The van der Waals surface area contributed by atoms with E-state index in [1.165, 1.54) is 57.4 Å². The number of hydrogen-bond acceptors (Lipinski definition) is 0. The van der Waals surface area contributed by atoms with Gasteiger partial charge in [-0.25, -0.2) is 0 Å². The summed E-state index contributed by atoms with van der Waals surface area (Å²) in [5, 5.41) is 0. The van der Waals surface area contributed by atoms with Crippen LogP contribution in [0.2, 0.25) is 0 Å². The summed E-state index contributed by atoms with van der Waals surface area (Å²) in [7, 11) is 0. The maximum atomic E-state index is 4.05. The molecule has 3 aromatic carbocycles. The number of rotatable bonds is 7. The van der Waals surface area contributed by atoms with E-state index in [9.17, 15) is 0 Å². The van der Waals surface area contributed by atoms with E-state index in [-0.39, 0.29) is 5.41 Å². The van der Waals surface area contributed by atoms with E-state index < -0.39 is 0 Å². The lowest BCUT2D eigenvalue weighted by atomic mass is 9.56. The summed E-state index contributed by atoms with van der Waals surface area (Å²) >= 11 is 0. The van der Waals surface area contributed by atoms with Crippen LogP contribution in [0.4, 0.5) is 0 Å². The molecule has 0 nitrogen and oxygen atoms in total. The number of hydrogen-bond donors (Lipinski definition) is 0. The molecule has 0 radical (unpaired) electrons. The molecule has 1 aliphatic rings. The molecule has 0 saturated heterocycles. The van der Waals surface area contributed by atoms with Crippen molar-refractivity contribution in [2.45, 2.75) is 143 Å². The molecule has 1 aliphatic carbocycles. The molecule has 282 valence electrons. The number of aryl methyl sites for hydroxylation is 3. The van der Waals surface area contributed by atoms with Gasteiger partial charge in [0.05, 0.1) is 0 Å². The average Bonchev–Trinajstić information content (AvgIpc) is 3.14. The first-order valence-electron chi connectivity index (χ1n) is 19.8. The summed E-state index contributed by atoms with van der Waals surface area (Å²) in [5.41, 5.74) is 15.9. The van der Waals surface area contributed by atoms with Gasteiger partial charge in [-0.3, -0.25) is 0 Å². The molecular weight excluding hydrogens is 613 g/mol. The predicted octanol–water partition coefficient (Wildman–Crippen LogP) is 17.1. The Kier molecular flexibility index (Phi) is 24.6. The Hall–Kier alpha value is -3.64. The third-order valence-corrected chi connectivity index (χ3v) is 9.57. The first-order chi connectivity index (χ1) is 24.1. The topological polar surface area (TPSA) is 0 Å². The second-order valence-corrected chi connectivity index (χ2v) is 13.5. The Morgan fingerprint density at radius 1 is 0.647 bits per heavy atom. The lowest BCUT2D eigenvalue weighted by Gasteiger charge is -2.48. The van der Waals surface area contributed by atoms with Gasteiger partial charge in [0.25, 0.3) is 0 Å². The number of benzene rings is 3. The monoisotopic (exact) mass is 691 g/mol. The van der Waals surface area contributed by atoms with Crippen LogP contribution in [-0.2, 0) is 0 Å². The minimum atomic E-state index is 0.0883. The third-order valence-electron chi connectivity index (χ3n) is 9.57. The van der Waals surface area contributed by atoms with E-state index in [0.717, 1.165) is 29.6 Å². The Morgan fingerprint density at radius 2 is 1.12 bits per heavy atom. The lowest BCUT2D eigenvalue weighted by Crippen LogP contribution is -2.35. The standard InChI is InChI=1S/C24H34.C12H14.C9H12.3C2H6/c1-8-11-22-23(6,7)21(16-17-24(22,9-2)10-3)20-14-12-19(13-15-20)18(4)5;1-9(2)11-7-5-6-8-12(11)10(3)4;1-7-4-5-8(2)9(3)6-7;3*1-2/h11-16H,4,8-10,17H2,1-3,5-7H3;5-8H,1,3H2,2,4H3;4-6H,1-3H3;3*1-2H3/b22-11-;;;;;. The minimum absolute atomic E-state index is 0.0883. The maximum absolute atomic E-state index is 4.05. The van der Waals surface area contributed by atoms with Crippen LogP contribution >= 0.6 is 0 Å². The van der Waals surface area contributed by atoms with Crippen molar-refractivity contribution in [2.75, 3.05) is 0 Å². The van der Waals surface area contributed by atoms with Gasteiger partial charge < -0.3 is 0 Å². The summed E-state index contributed by atoms with van der Waals surface area (Å²) in [6.45, 7) is 48.2. The Balaban J connectivity index is 0. The SMILES string of the molecule is C=C(C)c1ccc(C2=CCC(CC)(CC)/C(=C\CC)C2(C)C)cc1.C=C(C)c1ccccc1C(=C)C.CC.CC.CC.Cc1ccc(C)c(C)c1. The third kappa shape index (κ3) is 14.5. The minimum Gasteiger partial charge on any atom is -0.0955 e. The van der Waals surface area contributed by atoms with Crippen LogP contribution in [0.5, 0.6) is 0 Å². The smallest absolute Gasteiger partial charge is 0.0113 e. The zero-order chi connectivity index (χ0) is 39.9. The summed E-state index contributed by atoms with van der Waals surface area (Å²) in [5.74, 6) is 0. The van der Waals surface area contributed by atoms with Gasteiger partial charge in [0.15, 0.2) is 0 Å². The fourth-order valence-corrected chi connectivity index (χ4v) is 6.60. The normalized spacial score (nSPS) is 14.1. The van der Waals surface area contributed by atoms with Crippen LogP contribution in [0.15, 0.2) is 104 Å². The molecule has 0 N–H and O–H groups in total. The molecule has 0 fully saturated rings. The summed E-state index contributed by atoms with van der Waals surface area (Å²) < 4.78 is 0. The van der Waals surface area contributed by atoms with Crippen LogP contribution in [0.25, 0.3) is 22.3 Å². The largest absolute Gasteiger partial charge is 0.0955 e. The molecule has 4 rings (SSSR count). The summed E-state index contributed by atoms with van der Waals surface area (Å²) in [6.07, 6.45) is 9.72. The highest BCUT2D eigenvalue weighted by atomic mass is 14.5. The number of allylic oxidation sites excluding steroid dienone is 7. The van der Waals surface area contributed by atoms with Crippen LogP contribution in [0.3, 0.4) is 0 Å². The first-order valence-corrected chi connectivity index (χ1v) is 19.8. The van der Waals surface area contributed by atoms with Gasteiger partial charge in [-0.15, -0.1) is 0 Å². The van der Waals surface area contributed by atoms with Crippen molar-refractivity contribution in [1.82, 2.24) is 0 Å². The first kappa shape index (κ1) is 49.5. The zero-order valence-electron chi connectivity index (χ0n) is 36.5. The predicted molar refractivity (Wildman–Crippen MR) is 239 cm³/mol. The molecule has 0 aromatic heterocycles. The van der Waals surface area contributed by atoms with Gasteiger partial charge in [0.2, 0.25) is 0 Å². The summed E-state index contributed by atoms with van der Waals surface area (Å²) in [6, 6.07) is 23.7. The lowest BCUT2D eigenvalue weighted by molar-refractivity contribution is 0.270. The summed E-state index contributed by atoms with van der Waals surface area (Å²) in [4.78, 5) is 0. The van der Waals surface area contributed by atoms with E-state index in [0.29, 0.717) is 5.41 Å². The Morgan fingerprint density at radius 3 is 1.47 bits per heavy atom. The molecule has 0 heteroatoms. The van der Waals surface area contributed by atoms with Gasteiger partial charge in [-0.1, -0.05) is 203 Å². The maximum Gasteiger partial charge on any atom is 0.0113 e. The molecule has 0 bridgehead atoms. The van der Waals surface area contributed by atoms with Crippen molar-refractivity contribution < 1.29 is 0 Å². The van der Waals surface area contributed by atoms with Gasteiger partial charge in [0, 0.05) is 5.41 Å². The molecule has 0 heterocycles. The highest BCUT2D eigenvalue weighted by molar-refractivity contribution is 5.77. The molecule has 51 heavy (non-hydrogen) atoms. The van der Waals surface area contributed by atoms with Gasteiger partial charge in [0.1, 0.15) is 0 Å². The Labute approximate surface area is 318 Å². The quantitative estimate of drug-likeness (QED) is 0.217. The van der Waals surface area contributed by atoms with E-state index >= 15 is 0 Å². The van der Waals surface area contributed by atoms with Crippen LogP contribution in [0, 0.1) is 31.6 Å². The molecule has 0 atom stereocenters. The van der Waals surface area contributed by atoms with E-state index in [4.69, 9.17) is 0 Å². The van der Waals surface area contributed by atoms with Crippen molar-refractivity contribution >= 4 is 22.3 Å². The van der Waals surface area contributed by atoms with Crippen molar-refractivity contribution in [1.29, 1.82) is 0 Å². The van der Waals surface area contributed by atoms with Gasteiger partial charge in [-0.2, -0.15) is 0 Å². The molecule has 3 aromatic rings. The Bertz CT molecular complexity index is 1490. The molecular formula is C51H78. The highest BCUT2D eigenvalue weighted by Crippen LogP contribution is 2.57. The van der Waals surface area contributed by atoms with Crippen molar-refractivity contribution in [2.24, 2.45) is 10.8 Å². The molecule has 0 aliphatic heterocycles. The van der Waals surface area contributed by atoms with Crippen molar-refractivity contribution in [3.05, 3.63) is 143 Å². The zero-order valence-corrected chi connectivity index (χ0v) is 36.5. The fraction of sp³-hybridized carbons (Fsp3) is 0.451. The van der Waals surface area contributed by atoms with E-state index in [2.05, 4.69) is 149 Å². The van der Waals surface area contributed by atoms with Crippen molar-refractivity contribution in [3.8, 4) is 0 Å². The fourth-order valence-electron chi connectivity index (χ4n) is 6.60. The van der Waals surface area contributed by atoms with E-state index in [1.807, 2.05) is 67.5 Å². The second kappa shape index (κ2) is 25.3. The molecule has 0 spiro atoms. The van der Waals surface area contributed by atoms with Crippen LogP contribution in [-0.4, -0.2) is 0 Å². The van der Waals surface area contributed by atoms with Gasteiger partial charge >= 0.3 is 0 Å². The second-order valence-electron chi connectivity index (χ2n) is 13.5. The highest BCUT2D eigenvalue weighted by Gasteiger charge is 2.43. The molecule has 0 amide bonds. The molecule has 0 saturated carbocycles. The average molecular weight is 691 g/mol. The van der Waals surface area contributed by atoms with Crippen LogP contribution < -0.4 is 0 Å². The van der Waals surface area contributed by atoms with E-state index in [1.54, 1.807) is 5.57 Å². The van der Waals surface area contributed by atoms with Gasteiger partial charge in [-0.05, 0) is 112 Å².